The number of esters is 2. The van der Waals surface area contributed by atoms with Crippen molar-refractivity contribution in [2.75, 3.05) is 47.0 Å². The number of carbonyl (C=O) groups is 13. The van der Waals surface area contributed by atoms with Crippen molar-refractivity contribution in [3.63, 3.8) is 0 Å². The molecule has 4 fully saturated rings. The third-order valence-corrected chi connectivity index (χ3v) is 19.0. The van der Waals surface area contributed by atoms with Crippen LogP contribution in [0.1, 0.15) is 140 Å². The van der Waals surface area contributed by atoms with E-state index >= 15 is 9.59 Å². The van der Waals surface area contributed by atoms with Crippen molar-refractivity contribution < 1.29 is 184 Å². The molecule has 8 amide bonds. The number of anilines is 1. The molecule has 0 bridgehead atoms. The number of nitrogens with two attached hydrogens (primary N) is 1. The summed E-state index contributed by atoms with van der Waals surface area (Å²) in [6.07, 6.45) is -0.654. The number of Topliss-reactive ketones (excluding diaryl/α,β-unsaturated/α-hetero) is 2. The van der Waals surface area contributed by atoms with Gasteiger partial charge in [0.05, 0.1) is 47.7 Å². The van der Waals surface area contributed by atoms with Gasteiger partial charge in [0, 0.05) is 57.4 Å². The van der Waals surface area contributed by atoms with Crippen molar-refractivity contribution in [1.82, 2.24) is 45.9 Å². The van der Waals surface area contributed by atoms with Crippen LogP contribution in [0.5, 0.6) is 0 Å². The van der Waals surface area contributed by atoms with E-state index in [-0.39, 0.29) is 122 Å². The Labute approximate surface area is 646 Å². The molecule has 1 aromatic rings. The van der Waals surface area contributed by atoms with Crippen LogP contribution in [-0.4, -0.2) is 191 Å². The summed E-state index contributed by atoms with van der Waals surface area (Å²) in [5.41, 5.74) is 1.11. The van der Waals surface area contributed by atoms with Crippen LogP contribution in [-0.2, 0) is 62.0 Å². The number of ether oxygens (including phenoxy) is 2. The van der Waals surface area contributed by atoms with Crippen molar-refractivity contribution in [3.8, 4) is 11.5 Å². The maximum atomic E-state index is 15.2. The van der Waals surface area contributed by atoms with Gasteiger partial charge < -0.3 is 84.7 Å². The summed E-state index contributed by atoms with van der Waals surface area (Å²) in [5.74, 6) is -14.9. The minimum atomic E-state index is -5.43. The number of carboxylic acid groups (broad SMARTS) is 1. The summed E-state index contributed by atoms with van der Waals surface area (Å²) in [4.78, 5) is 224. The molecule has 3 aliphatic carbocycles. The minimum absolute atomic E-state index is 0. The van der Waals surface area contributed by atoms with E-state index in [2.05, 4.69) is 21.3 Å². The predicted octanol–water partition coefficient (Wildman–Crippen LogP) is -9.03. The molecule has 532 valence electrons. The third-order valence-electron chi connectivity index (χ3n) is 18.6. The quantitative estimate of drug-likeness (QED) is 0.0437. The Kier molecular flexibility index (Phi) is 32.4. The van der Waals surface area contributed by atoms with Crippen molar-refractivity contribution in [1.29, 1.82) is 0 Å². The number of carbonyl (C=O) groups excluding carboxylic acids is 13. The van der Waals surface area contributed by atoms with E-state index in [1.54, 1.807) is 62.3 Å². The van der Waals surface area contributed by atoms with Gasteiger partial charge in [-0.3, -0.25) is 52.7 Å². The fourth-order valence-electron chi connectivity index (χ4n) is 13.2. The predicted molar refractivity (Wildman–Crippen MR) is 341 cm³/mol. The topological polar surface area (TPSA) is 457 Å². The number of fused-ring (bicyclic) bond motifs is 4. The summed E-state index contributed by atoms with van der Waals surface area (Å²) in [6, 6.07) is -5.71. The van der Waals surface area contributed by atoms with E-state index in [1.807, 2.05) is 0 Å². The fourth-order valence-corrected chi connectivity index (χ4v) is 13.2. The van der Waals surface area contributed by atoms with Crippen LogP contribution in [0.3, 0.4) is 0 Å². The summed E-state index contributed by atoms with van der Waals surface area (Å²) >= 11 is 0. The molecule has 0 aromatic heterocycles. The van der Waals surface area contributed by atoms with Crippen molar-refractivity contribution in [3.05, 3.63) is 44.6 Å². The van der Waals surface area contributed by atoms with E-state index in [1.165, 1.54) is 70.9 Å². The number of hydrogen-bond acceptors (Lipinski definition) is 23. The number of hydrogen-bond donors (Lipinski definition) is 5. The van der Waals surface area contributed by atoms with Gasteiger partial charge in [-0.05, 0) is 96.3 Å². The van der Waals surface area contributed by atoms with Gasteiger partial charge in [0.1, 0.15) is 47.6 Å². The molecule has 100 heavy (non-hydrogen) atoms. The van der Waals surface area contributed by atoms with E-state index in [0.29, 0.717) is 44.1 Å². The molecule has 2 saturated heterocycles. The molecule has 1 aromatic carbocycles. The monoisotopic (exact) mass is 1440 g/mol. The van der Waals surface area contributed by atoms with Crippen molar-refractivity contribution in [2.45, 2.75) is 170 Å². The molecule has 3 aliphatic heterocycles. The zero-order valence-corrected chi connectivity index (χ0v) is 67.3. The van der Waals surface area contributed by atoms with Gasteiger partial charge in [0.15, 0.2) is 22.9 Å². The Bertz CT molecular complexity index is 3730. The van der Waals surface area contributed by atoms with Gasteiger partial charge in [-0.2, -0.15) is 0 Å². The largest absolute Gasteiger partial charge is 1.00 e. The zero-order chi connectivity index (χ0) is 73.1. The molecule has 6 N–H and O–H groups in total. The van der Waals surface area contributed by atoms with Gasteiger partial charge in [-0.15, -0.1) is 0 Å². The number of nitrogen functional groups attached to an aromatic ring is 1. The Morgan fingerprint density at radius 1 is 0.620 bits per heavy atom. The second kappa shape index (κ2) is 36.6. The summed E-state index contributed by atoms with van der Waals surface area (Å²) in [7, 11) is 0.232. The van der Waals surface area contributed by atoms with E-state index in [0.717, 1.165) is 9.80 Å². The zero-order valence-electron chi connectivity index (χ0n) is 60.4. The molecule has 35 heteroatoms. The summed E-state index contributed by atoms with van der Waals surface area (Å²) in [5, 5.41) is 19.8. The molecule has 6 aliphatic rings. The Morgan fingerprint density at radius 2 is 1.00 bits per heavy atom. The van der Waals surface area contributed by atoms with Gasteiger partial charge in [0.25, 0.3) is 11.8 Å². The van der Waals surface area contributed by atoms with Crippen molar-refractivity contribution in [2.24, 2.45) is 47.3 Å². The number of nitrogens with one attached hydrogen (secondary N) is 4. The number of nitrogens with zero attached hydrogens (tertiary/aromatic N) is 5. The first-order valence-corrected chi connectivity index (χ1v) is 33.7. The molecular weight excluding hydrogens is 1360 g/mol. The molecule has 12 atom stereocenters. The number of cyclic esters (lactones) is 2. The van der Waals surface area contributed by atoms with E-state index in [9.17, 15) is 52.7 Å². The number of amides is 8. The van der Waals surface area contributed by atoms with Crippen LogP contribution in [0.2, 0.25) is 0 Å². The first kappa shape index (κ1) is 88.5. The van der Waals surface area contributed by atoms with E-state index in [4.69, 9.17) is 48.9 Å². The maximum Gasteiger partial charge on any atom is 1.00 e. The van der Waals surface area contributed by atoms with Crippen LogP contribution in [0.15, 0.2) is 21.3 Å². The number of aromatic nitrogens is 1. The van der Waals surface area contributed by atoms with Gasteiger partial charge in [0.2, 0.25) is 40.9 Å². The van der Waals surface area contributed by atoms with Gasteiger partial charge in [-0.25, -0.2) is 14.6 Å². The minimum Gasteiger partial charge on any atom is -0.807 e. The Balaban J connectivity index is 0.00000246. The first-order valence-electron chi connectivity index (χ1n) is 32.2. The van der Waals surface area contributed by atoms with Gasteiger partial charge >= 0.3 is 101 Å². The molecule has 3 heterocycles. The third kappa shape index (κ3) is 19.8. The van der Waals surface area contributed by atoms with Crippen LogP contribution in [0.25, 0.3) is 22.6 Å². The number of aryl methyl sites for hydroxylation is 1. The van der Waals surface area contributed by atoms with Crippen LogP contribution >= 0.6 is 7.60 Å². The SMILES string of the molecule is Cc1c2oc3c(C)ccc(C(=O)NC4C(=O)NC(C(C)C)C(=O)C5CCCC5C(=O)N(C)CC(=O)N(C)C(C(C)C)C(=O)OC4C)c3nc-2c(C(=O)NC2C(=O)NC(C(C)C)C(=O)C3CCCC3C(=O)N(C)CC(=O)N(C)C(C(C)C)C(=O)OC2C)c(N)c1=O.O=C([O-])P(=O)([O-])[O-].[Na+].[Na+].[Na+]. The second-order valence-electron chi connectivity index (χ2n) is 27.0. The normalized spacial score (nSPS) is 25.8. The molecule has 7 rings (SSSR count). The maximum absolute atomic E-state index is 15.2. The van der Waals surface area contributed by atoms with Crippen LogP contribution in [0, 0.1) is 61.2 Å². The standard InChI is InChI=1S/C64H88N10O16.CH3O5P.3Na/c1-27(2)44-53(78)35-19-17-21-37(35)61(84)71(13)25-40(75)73(15)50(29(5)6)63(86)88-33(11)46(59(82)67-44)69-57(80)39-24-23-31(9)55-48(39)66-49-42(43(65)52(77)32(10)56(49)90-55)58(81)70-47-34(12)89-64(87)51(30(7)8)74(16)41(76)26-72(14)62(85)38-22-18-20-36(38)54(79)45(28(3)4)68-60(47)83;2-1(3)7(4,5)6;;;/h23-24,27-30,33-38,44-47,50-51H,17-22,25-26,65H2,1-16H3,(H,67,82)(H,68,83)(H,69,80)(H,70,81);(H,2,3)(H2,4,5,6);;;/q;;3*+1/p-3. The molecule has 0 radical (unpaired) electrons. The van der Waals surface area contributed by atoms with Crippen LogP contribution in [0.4, 0.5) is 10.5 Å². The van der Waals surface area contributed by atoms with Crippen LogP contribution < -0.4 is 136 Å². The fraction of sp³-hybridized carbons (Fsp3) is 0.615. The molecule has 2 saturated carbocycles. The Morgan fingerprint density at radius 3 is 1.37 bits per heavy atom. The number of rotatable bonds is 9. The Hall–Kier alpha value is -5.70. The number of likely N-dealkylation sites (N-methyl/N-ethyl adjacent to an activating group) is 4. The van der Waals surface area contributed by atoms with Crippen molar-refractivity contribution >= 4 is 101 Å². The molecule has 0 spiro atoms. The molecule has 12 unspecified atom stereocenters. The number of ketones is 2. The molecular formula is C65H88N10Na3O21P. The second-order valence-corrected chi connectivity index (χ2v) is 28.4. The van der Waals surface area contributed by atoms with E-state index < -0.39 is 210 Å². The van der Waals surface area contributed by atoms with Gasteiger partial charge in [-0.1, -0.05) is 74.3 Å². The summed E-state index contributed by atoms with van der Waals surface area (Å²) < 4.78 is 27.5. The summed E-state index contributed by atoms with van der Waals surface area (Å²) in [6.45, 7) is 18.3. The molecule has 31 nitrogen and oxygen atoms in total. The number of benzene rings is 2. The average molecular weight is 1450 g/mol. The first-order chi connectivity index (χ1) is 45.0. The smallest absolute Gasteiger partial charge is 0.807 e. The average Bonchev–Trinajstić information content (AvgIpc) is 0.909.